The van der Waals surface area contributed by atoms with Crippen LogP contribution in [0.15, 0.2) is 16.9 Å². The maximum absolute atomic E-state index is 10.4. The van der Waals surface area contributed by atoms with Crippen molar-refractivity contribution in [1.29, 1.82) is 0 Å². The van der Waals surface area contributed by atoms with Gasteiger partial charge in [-0.15, -0.1) is 5.10 Å². The monoisotopic (exact) mass is 270 g/mol. The van der Waals surface area contributed by atoms with E-state index in [1.807, 2.05) is 0 Å². The quantitative estimate of drug-likeness (QED) is 0.897. The first-order valence-electron chi connectivity index (χ1n) is 4.24. The van der Waals surface area contributed by atoms with Crippen molar-refractivity contribution >= 4 is 27.7 Å². The summed E-state index contributed by atoms with van der Waals surface area (Å²) in [5, 5.41) is 12.6. The Labute approximate surface area is 93.1 Å². The van der Waals surface area contributed by atoms with E-state index in [0.29, 0.717) is 18.0 Å². The van der Waals surface area contributed by atoms with Gasteiger partial charge in [0.05, 0.1) is 10.9 Å². The van der Waals surface area contributed by atoms with Gasteiger partial charge in [-0.25, -0.2) is 9.50 Å². The highest BCUT2D eigenvalue weighted by molar-refractivity contribution is 9.10. The average molecular weight is 271 g/mol. The number of fused-ring (bicyclic) bond motifs is 1. The molecule has 0 aliphatic rings. The minimum absolute atomic E-state index is 0.0258. The van der Waals surface area contributed by atoms with Crippen LogP contribution in [0.2, 0.25) is 0 Å². The molecule has 2 heterocycles. The highest BCUT2D eigenvalue weighted by Gasteiger charge is 2.06. The number of nitrogens with zero attached hydrogens (tertiary/aromatic N) is 4. The first kappa shape index (κ1) is 10.0. The summed E-state index contributed by atoms with van der Waals surface area (Å²) in [6.45, 7) is 0. The zero-order valence-electron chi connectivity index (χ0n) is 7.59. The molecule has 78 valence electrons. The molecule has 2 aromatic heterocycles. The van der Waals surface area contributed by atoms with Crippen LogP contribution in [0.1, 0.15) is 12.2 Å². The second-order valence-electron chi connectivity index (χ2n) is 2.94. The van der Waals surface area contributed by atoms with E-state index in [9.17, 15) is 4.79 Å². The Bertz CT molecular complexity index is 510. The van der Waals surface area contributed by atoms with Gasteiger partial charge in [-0.3, -0.25) is 4.79 Å². The van der Waals surface area contributed by atoms with Gasteiger partial charge >= 0.3 is 5.97 Å². The van der Waals surface area contributed by atoms with Gasteiger partial charge in [0.2, 0.25) is 0 Å². The van der Waals surface area contributed by atoms with Crippen molar-refractivity contribution in [1.82, 2.24) is 19.6 Å². The summed E-state index contributed by atoms with van der Waals surface area (Å²) < 4.78 is 2.31. The molecule has 0 unspecified atom stereocenters. The molecule has 0 saturated carbocycles. The molecule has 0 fully saturated rings. The predicted octanol–water partition coefficient (Wildman–Crippen LogP) is 0.904. The van der Waals surface area contributed by atoms with Gasteiger partial charge in [0.1, 0.15) is 0 Å². The molecule has 0 atom stereocenters. The van der Waals surface area contributed by atoms with Crippen LogP contribution in [0.4, 0.5) is 0 Å². The topological polar surface area (TPSA) is 80.4 Å². The summed E-state index contributed by atoms with van der Waals surface area (Å²) in [5.74, 6) is 0.101. The average Bonchev–Trinajstić information content (AvgIpc) is 2.56. The van der Waals surface area contributed by atoms with Crippen molar-refractivity contribution in [3.63, 3.8) is 0 Å². The fraction of sp³-hybridized carbons (Fsp3) is 0.250. The van der Waals surface area contributed by atoms with Gasteiger partial charge in [0.15, 0.2) is 5.82 Å². The molecule has 15 heavy (non-hydrogen) atoms. The number of halogens is 1. The summed E-state index contributed by atoms with van der Waals surface area (Å²) >= 11 is 3.26. The van der Waals surface area contributed by atoms with E-state index >= 15 is 0 Å². The third-order valence-corrected chi connectivity index (χ3v) is 2.18. The molecule has 0 radical (unpaired) electrons. The number of aliphatic carboxylic acids is 1. The fourth-order valence-corrected chi connectivity index (χ4v) is 1.42. The number of rotatable bonds is 3. The van der Waals surface area contributed by atoms with Crippen LogP contribution in [-0.2, 0) is 11.2 Å². The van der Waals surface area contributed by atoms with E-state index in [2.05, 4.69) is 31.0 Å². The number of carbonyl (C=O) groups is 1. The lowest BCUT2D eigenvalue weighted by molar-refractivity contribution is -0.137. The van der Waals surface area contributed by atoms with E-state index in [4.69, 9.17) is 5.11 Å². The predicted molar refractivity (Wildman–Crippen MR) is 54.4 cm³/mol. The molecular weight excluding hydrogens is 264 g/mol. The molecule has 2 aromatic rings. The zero-order chi connectivity index (χ0) is 10.8. The molecule has 1 N–H and O–H groups in total. The molecule has 6 nitrogen and oxygen atoms in total. The zero-order valence-corrected chi connectivity index (χ0v) is 9.18. The third-order valence-electron chi connectivity index (χ3n) is 1.77. The first-order chi connectivity index (χ1) is 7.15. The molecule has 0 spiro atoms. The van der Waals surface area contributed by atoms with E-state index < -0.39 is 5.97 Å². The SMILES string of the molecule is O=C(O)CCc1nc2ncc(Br)cn2n1. The molecular formula is C8H7BrN4O2. The van der Waals surface area contributed by atoms with Gasteiger partial charge in [-0.05, 0) is 15.9 Å². The Morgan fingerprint density at radius 3 is 3.13 bits per heavy atom. The Balaban J connectivity index is 2.27. The van der Waals surface area contributed by atoms with Gasteiger partial charge in [0.25, 0.3) is 5.78 Å². The molecule has 0 amide bonds. The van der Waals surface area contributed by atoms with Crippen LogP contribution in [0.25, 0.3) is 5.78 Å². The van der Waals surface area contributed by atoms with Gasteiger partial charge < -0.3 is 5.11 Å². The summed E-state index contributed by atoms with van der Waals surface area (Å²) in [5.41, 5.74) is 0. The standard InChI is InChI=1S/C8H7BrN4O2/c9-5-3-10-8-11-6(1-2-7(14)15)12-13(8)4-5/h3-4H,1-2H2,(H,14,15). The minimum atomic E-state index is -0.858. The summed E-state index contributed by atoms with van der Waals surface area (Å²) in [7, 11) is 0. The largest absolute Gasteiger partial charge is 0.481 e. The maximum atomic E-state index is 10.4. The molecule has 0 saturated heterocycles. The highest BCUT2D eigenvalue weighted by atomic mass is 79.9. The van der Waals surface area contributed by atoms with Crippen molar-refractivity contribution < 1.29 is 9.90 Å². The van der Waals surface area contributed by atoms with Crippen molar-refractivity contribution in [2.24, 2.45) is 0 Å². The summed E-state index contributed by atoms with van der Waals surface area (Å²) in [6, 6.07) is 0. The Kier molecular flexibility index (Phi) is 2.63. The summed E-state index contributed by atoms with van der Waals surface area (Å²) in [6.07, 6.45) is 3.68. The molecule has 0 bridgehead atoms. The lowest BCUT2D eigenvalue weighted by Gasteiger charge is -1.89. The normalized spacial score (nSPS) is 10.7. The minimum Gasteiger partial charge on any atom is -0.481 e. The van der Waals surface area contributed by atoms with Crippen molar-refractivity contribution in [3.05, 3.63) is 22.7 Å². The lowest BCUT2D eigenvalue weighted by atomic mass is 10.3. The van der Waals surface area contributed by atoms with Crippen LogP contribution in [-0.4, -0.2) is 30.7 Å². The van der Waals surface area contributed by atoms with E-state index in [0.717, 1.165) is 4.47 Å². The third kappa shape index (κ3) is 2.30. The second-order valence-corrected chi connectivity index (χ2v) is 3.85. The van der Waals surface area contributed by atoms with Gasteiger partial charge in [-0.2, -0.15) is 4.98 Å². The lowest BCUT2D eigenvalue weighted by Crippen LogP contribution is -1.99. The number of hydrogen-bond acceptors (Lipinski definition) is 4. The van der Waals surface area contributed by atoms with Crippen LogP contribution >= 0.6 is 15.9 Å². The fourth-order valence-electron chi connectivity index (χ4n) is 1.13. The number of aromatic nitrogens is 4. The number of carboxylic acids is 1. The molecule has 7 heteroatoms. The first-order valence-corrected chi connectivity index (χ1v) is 5.03. The van der Waals surface area contributed by atoms with Crippen molar-refractivity contribution in [2.75, 3.05) is 0 Å². The van der Waals surface area contributed by atoms with Crippen LogP contribution in [0.5, 0.6) is 0 Å². The Morgan fingerprint density at radius 2 is 2.40 bits per heavy atom. The molecule has 0 aliphatic carbocycles. The van der Waals surface area contributed by atoms with E-state index in [1.165, 1.54) is 4.52 Å². The summed E-state index contributed by atoms with van der Waals surface area (Å²) in [4.78, 5) is 18.5. The maximum Gasteiger partial charge on any atom is 0.303 e. The van der Waals surface area contributed by atoms with Gasteiger partial charge in [-0.1, -0.05) is 0 Å². The van der Waals surface area contributed by atoms with Crippen LogP contribution < -0.4 is 0 Å². The number of carboxylic acid groups (broad SMARTS) is 1. The Morgan fingerprint density at radius 1 is 1.60 bits per heavy atom. The highest BCUT2D eigenvalue weighted by Crippen LogP contribution is 2.08. The second kappa shape index (κ2) is 3.93. The number of aryl methyl sites for hydroxylation is 1. The molecule has 0 aromatic carbocycles. The smallest absolute Gasteiger partial charge is 0.303 e. The van der Waals surface area contributed by atoms with Crippen LogP contribution in [0, 0.1) is 0 Å². The van der Waals surface area contributed by atoms with Crippen molar-refractivity contribution in [3.8, 4) is 0 Å². The molecule has 2 rings (SSSR count). The molecule has 0 aliphatic heterocycles. The van der Waals surface area contributed by atoms with E-state index in [-0.39, 0.29) is 6.42 Å². The van der Waals surface area contributed by atoms with Crippen molar-refractivity contribution in [2.45, 2.75) is 12.8 Å². The Hall–Kier alpha value is -1.50. The number of hydrogen-bond donors (Lipinski definition) is 1. The van der Waals surface area contributed by atoms with Crippen LogP contribution in [0.3, 0.4) is 0 Å². The van der Waals surface area contributed by atoms with E-state index in [1.54, 1.807) is 12.4 Å². The van der Waals surface area contributed by atoms with Gasteiger partial charge in [0, 0.05) is 18.8 Å².